The highest BCUT2D eigenvalue weighted by molar-refractivity contribution is 5.77. The fraction of sp³-hybridized carbons (Fsp3) is 0.167. The quantitative estimate of drug-likeness (QED) is 0.481. The summed E-state index contributed by atoms with van der Waals surface area (Å²) in [6.07, 6.45) is 3.20. The van der Waals surface area contributed by atoms with E-state index in [0.29, 0.717) is 46.4 Å². The van der Waals surface area contributed by atoms with Gasteiger partial charge in [-0.2, -0.15) is 4.98 Å². The van der Waals surface area contributed by atoms with E-state index in [9.17, 15) is 4.39 Å². The number of anilines is 3. The van der Waals surface area contributed by atoms with Crippen LogP contribution in [-0.2, 0) is 13.1 Å². The first kappa shape index (κ1) is 17.7. The molecule has 9 nitrogen and oxygen atoms in total. The Balaban J connectivity index is 1.77. The van der Waals surface area contributed by atoms with Gasteiger partial charge in [0.25, 0.3) is 0 Å². The molecule has 4 rings (SSSR count). The lowest BCUT2D eigenvalue weighted by Gasteiger charge is -2.10. The average molecular weight is 379 g/mol. The third-order valence-electron chi connectivity index (χ3n) is 4.24. The molecule has 0 aliphatic heterocycles. The van der Waals surface area contributed by atoms with E-state index in [0.717, 1.165) is 0 Å². The van der Waals surface area contributed by atoms with E-state index in [1.807, 2.05) is 11.5 Å². The Kier molecular flexibility index (Phi) is 4.53. The van der Waals surface area contributed by atoms with Gasteiger partial charge in [0.15, 0.2) is 11.5 Å². The van der Waals surface area contributed by atoms with Gasteiger partial charge < -0.3 is 21.4 Å². The Morgan fingerprint density at radius 3 is 2.75 bits per heavy atom. The summed E-state index contributed by atoms with van der Waals surface area (Å²) in [5, 5.41) is 3.10. The van der Waals surface area contributed by atoms with Crippen molar-refractivity contribution in [3.8, 4) is 11.5 Å². The molecule has 0 radical (unpaired) electrons. The summed E-state index contributed by atoms with van der Waals surface area (Å²) in [5.41, 5.74) is 14.5. The van der Waals surface area contributed by atoms with Crippen LogP contribution in [0.5, 0.6) is 0 Å². The zero-order valence-corrected chi connectivity index (χ0v) is 15.1. The predicted octanol–water partition coefficient (Wildman–Crippen LogP) is 2.23. The number of hydrogen-bond donors (Lipinski definition) is 3. The molecule has 0 amide bonds. The van der Waals surface area contributed by atoms with Gasteiger partial charge in [0.1, 0.15) is 17.0 Å². The predicted molar refractivity (Wildman–Crippen MR) is 104 cm³/mol. The summed E-state index contributed by atoms with van der Waals surface area (Å²) < 4.78 is 15.3. The van der Waals surface area contributed by atoms with Crippen LogP contribution in [0.2, 0.25) is 0 Å². The van der Waals surface area contributed by atoms with Crippen LogP contribution in [0.4, 0.5) is 22.0 Å². The van der Waals surface area contributed by atoms with Gasteiger partial charge in [-0.05, 0) is 36.8 Å². The first-order valence-corrected chi connectivity index (χ1v) is 8.66. The first-order chi connectivity index (χ1) is 13.6. The normalized spacial score (nSPS) is 11.1. The number of fused-ring (bicyclic) bond motifs is 1. The van der Waals surface area contributed by atoms with Crippen LogP contribution in [0.3, 0.4) is 0 Å². The van der Waals surface area contributed by atoms with Crippen molar-refractivity contribution in [2.24, 2.45) is 5.73 Å². The summed E-state index contributed by atoms with van der Waals surface area (Å²) in [4.78, 5) is 21.6. The second kappa shape index (κ2) is 7.16. The maximum Gasteiger partial charge on any atom is 0.229 e. The van der Waals surface area contributed by atoms with Crippen LogP contribution in [0.1, 0.15) is 12.5 Å². The summed E-state index contributed by atoms with van der Waals surface area (Å²) in [6, 6.07) is 6.09. The second-order valence-corrected chi connectivity index (χ2v) is 6.01. The van der Waals surface area contributed by atoms with Crippen molar-refractivity contribution in [1.82, 2.24) is 29.5 Å². The number of aromatic nitrogens is 6. The molecule has 0 aliphatic carbocycles. The number of nitrogens with zero attached hydrogens (tertiary/aromatic N) is 6. The number of halogens is 1. The highest BCUT2D eigenvalue weighted by atomic mass is 19.1. The van der Waals surface area contributed by atoms with E-state index in [1.165, 1.54) is 12.1 Å². The third kappa shape index (κ3) is 3.21. The van der Waals surface area contributed by atoms with Gasteiger partial charge in [-0.3, -0.25) is 0 Å². The Morgan fingerprint density at radius 2 is 2.00 bits per heavy atom. The summed E-state index contributed by atoms with van der Waals surface area (Å²) >= 11 is 0. The van der Waals surface area contributed by atoms with Crippen LogP contribution in [0.25, 0.3) is 22.7 Å². The lowest BCUT2D eigenvalue weighted by atomic mass is 10.2. The van der Waals surface area contributed by atoms with Crippen molar-refractivity contribution in [2.45, 2.75) is 20.0 Å². The fourth-order valence-corrected chi connectivity index (χ4v) is 2.95. The molecular weight excluding hydrogens is 361 g/mol. The van der Waals surface area contributed by atoms with Crippen LogP contribution >= 0.6 is 0 Å². The average Bonchev–Trinajstić information content (AvgIpc) is 3.07. The molecule has 10 heteroatoms. The third-order valence-corrected chi connectivity index (χ3v) is 4.24. The van der Waals surface area contributed by atoms with Crippen LogP contribution in [-0.4, -0.2) is 29.5 Å². The van der Waals surface area contributed by atoms with Crippen LogP contribution in [0, 0.1) is 5.82 Å². The number of nitrogen functional groups attached to an aromatic ring is 1. The maximum atomic E-state index is 13.4. The van der Waals surface area contributed by atoms with Crippen molar-refractivity contribution >= 4 is 28.7 Å². The summed E-state index contributed by atoms with van der Waals surface area (Å²) in [5.74, 6) is 0.811. The Bertz CT molecular complexity index is 1160. The lowest BCUT2D eigenvalue weighted by molar-refractivity contribution is 0.625. The van der Waals surface area contributed by atoms with E-state index in [4.69, 9.17) is 11.5 Å². The number of imidazole rings is 1. The van der Waals surface area contributed by atoms with Crippen LogP contribution in [0.15, 0.2) is 36.7 Å². The SMILES string of the molecule is CCn1c(-c2ccnc(N)n2)nc2cnc(Nc3ccc(F)cc3CN)nc21. The zero-order valence-electron chi connectivity index (χ0n) is 15.1. The maximum absolute atomic E-state index is 13.4. The lowest BCUT2D eigenvalue weighted by Crippen LogP contribution is -2.06. The van der Waals surface area contributed by atoms with Crippen molar-refractivity contribution in [3.05, 3.63) is 48.0 Å². The monoisotopic (exact) mass is 379 g/mol. The standard InChI is InChI=1S/C18H18FN9/c1-2-28-15(13-5-6-22-17(21)25-13)24-14-9-23-18(27-16(14)28)26-12-4-3-11(19)7-10(12)8-20/h3-7,9H,2,8,20H2,1H3,(H2,21,22,25)(H,23,26,27). The van der Waals surface area contributed by atoms with E-state index >= 15 is 0 Å². The van der Waals surface area contributed by atoms with Crippen molar-refractivity contribution < 1.29 is 4.39 Å². The number of nitrogens with two attached hydrogens (primary N) is 2. The fourth-order valence-electron chi connectivity index (χ4n) is 2.95. The largest absolute Gasteiger partial charge is 0.368 e. The van der Waals surface area contributed by atoms with Gasteiger partial charge in [0.2, 0.25) is 11.9 Å². The van der Waals surface area contributed by atoms with Crippen molar-refractivity contribution in [3.63, 3.8) is 0 Å². The van der Waals surface area contributed by atoms with Crippen LogP contribution < -0.4 is 16.8 Å². The number of aryl methyl sites for hydroxylation is 1. The van der Waals surface area contributed by atoms with Gasteiger partial charge in [-0.15, -0.1) is 0 Å². The van der Waals surface area contributed by atoms with Crippen molar-refractivity contribution in [1.29, 1.82) is 0 Å². The molecule has 3 heterocycles. The highest BCUT2D eigenvalue weighted by Gasteiger charge is 2.16. The molecule has 5 N–H and O–H groups in total. The molecule has 0 saturated heterocycles. The van der Waals surface area contributed by atoms with E-state index in [-0.39, 0.29) is 18.3 Å². The van der Waals surface area contributed by atoms with E-state index in [2.05, 4.69) is 30.2 Å². The van der Waals surface area contributed by atoms with Gasteiger partial charge in [-0.25, -0.2) is 24.3 Å². The van der Waals surface area contributed by atoms with Gasteiger partial charge in [-0.1, -0.05) is 0 Å². The minimum absolute atomic E-state index is 0.172. The molecule has 1 aromatic carbocycles. The molecule has 0 fully saturated rings. The molecule has 0 bridgehead atoms. The van der Waals surface area contributed by atoms with Gasteiger partial charge in [0.05, 0.1) is 6.20 Å². The second-order valence-electron chi connectivity index (χ2n) is 6.01. The van der Waals surface area contributed by atoms with Gasteiger partial charge >= 0.3 is 0 Å². The summed E-state index contributed by atoms with van der Waals surface area (Å²) in [7, 11) is 0. The van der Waals surface area contributed by atoms with Gasteiger partial charge in [0, 0.05) is 25.0 Å². The first-order valence-electron chi connectivity index (χ1n) is 8.66. The number of benzene rings is 1. The number of rotatable bonds is 5. The highest BCUT2D eigenvalue weighted by Crippen LogP contribution is 2.25. The molecule has 0 unspecified atom stereocenters. The Labute approximate surface area is 159 Å². The molecule has 0 atom stereocenters. The molecular formula is C18H18FN9. The molecule has 0 spiro atoms. The minimum Gasteiger partial charge on any atom is -0.368 e. The Morgan fingerprint density at radius 1 is 1.14 bits per heavy atom. The molecule has 0 aliphatic rings. The number of hydrogen-bond acceptors (Lipinski definition) is 8. The molecule has 28 heavy (non-hydrogen) atoms. The van der Waals surface area contributed by atoms with E-state index in [1.54, 1.807) is 24.5 Å². The molecule has 4 aromatic rings. The minimum atomic E-state index is -0.347. The van der Waals surface area contributed by atoms with Crippen molar-refractivity contribution in [2.75, 3.05) is 11.1 Å². The van der Waals surface area contributed by atoms with E-state index < -0.39 is 0 Å². The smallest absolute Gasteiger partial charge is 0.229 e. The number of nitrogens with one attached hydrogen (secondary N) is 1. The topological polar surface area (TPSA) is 133 Å². The molecule has 0 saturated carbocycles. The molecule has 3 aromatic heterocycles. The molecule has 142 valence electrons. The summed E-state index contributed by atoms with van der Waals surface area (Å²) in [6.45, 7) is 2.79. The zero-order chi connectivity index (χ0) is 19.7. The Hall–Kier alpha value is -3.66.